The van der Waals surface area contributed by atoms with Gasteiger partial charge in [0.2, 0.25) is 10.0 Å². The predicted octanol–water partition coefficient (Wildman–Crippen LogP) is -1.34. The van der Waals surface area contributed by atoms with E-state index in [0.717, 1.165) is 0 Å². The van der Waals surface area contributed by atoms with E-state index in [0.29, 0.717) is 6.54 Å². The molecule has 0 saturated heterocycles. The quantitative estimate of drug-likeness (QED) is 0.558. The standard InChI is InChI=1S/C8H12BNO4S/c1-2-10-15(13,14)8-5-3-7(4-6-8)9(11)12/h3-6,10-12H,2H2,1H3. The minimum atomic E-state index is -3.47. The minimum absolute atomic E-state index is 0.105. The van der Waals surface area contributed by atoms with E-state index in [2.05, 4.69) is 4.72 Å². The molecule has 0 aliphatic carbocycles. The Labute approximate surface area is 89.0 Å². The third kappa shape index (κ3) is 3.03. The van der Waals surface area contributed by atoms with E-state index in [-0.39, 0.29) is 10.4 Å². The lowest BCUT2D eigenvalue weighted by Gasteiger charge is -2.05. The van der Waals surface area contributed by atoms with Crippen molar-refractivity contribution < 1.29 is 18.5 Å². The van der Waals surface area contributed by atoms with Crippen LogP contribution < -0.4 is 10.2 Å². The summed E-state index contributed by atoms with van der Waals surface area (Å²) >= 11 is 0. The van der Waals surface area contributed by atoms with Gasteiger partial charge in [0.1, 0.15) is 0 Å². The van der Waals surface area contributed by atoms with Crippen molar-refractivity contribution in [2.24, 2.45) is 0 Å². The molecule has 0 fully saturated rings. The molecule has 3 N–H and O–H groups in total. The van der Waals surface area contributed by atoms with Crippen LogP contribution in [0.25, 0.3) is 0 Å². The molecule has 0 unspecified atom stereocenters. The summed E-state index contributed by atoms with van der Waals surface area (Å²) in [5.74, 6) is 0. The SMILES string of the molecule is CCNS(=O)(=O)c1ccc(B(O)O)cc1. The van der Waals surface area contributed by atoms with E-state index in [9.17, 15) is 8.42 Å². The largest absolute Gasteiger partial charge is 0.488 e. The van der Waals surface area contributed by atoms with Gasteiger partial charge in [-0.05, 0) is 17.6 Å². The maximum atomic E-state index is 11.5. The zero-order valence-electron chi connectivity index (χ0n) is 8.21. The van der Waals surface area contributed by atoms with Crippen LogP contribution in [0, 0.1) is 0 Å². The molecule has 0 bridgehead atoms. The zero-order chi connectivity index (χ0) is 11.5. The number of hydrogen-bond donors (Lipinski definition) is 3. The molecule has 0 amide bonds. The maximum absolute atomic E-state index is 11.5. The molecule has 0 spiro atoms. The number of benzene rings is 1. The van der Waals surface area contributed by atoms with Crippen molar-refractivity contribution in [1.82, 2.24) is 4.72 Å². The summed E-state index contributed by atoms with van der Waals surface area (Å²) in [6.45, 7) is 2.00. The molecule has 5 nitrogen and oxygen atoms in total. The Morgan fingerprint density at radius 2 is 1.80 bits per heavy atom. The zero-order valence-corrected chi connectivity index (χ0v) is 9.03. The highest BCUT2D eigenvalue weighted by molar-refractivity contribution is 7.89. The van der Waals surface area contributed by atoms with Crippen LogP contribution in [0.1, 0.15) is 6.92 Å². The topological polar surface area (TPSA) is 86.6 Å². The highest BCUT2D eigenvalue weighted by Gasteiger charge is 2.15. The fourth-order valence-electron chi connectivity index (χ4n) is 1.09. The van der Waals surface area contributed by atoms with Gasteiger partial charge in [0.05, 0.1) is 4.90 Å². The first kappa shape index (κ1) is 12.2. The number of hydrogen-bond acceptors (Lipinski definition) is 4. The van der Waals surface area contributed by atoms with E-state index < -0.39 is 17.1 Å². The highest BCUT2D eigenvalue weighted by Crippen LogP contribution is 2.05. The van der Waals surface area contributed by atoms with E-state index in [1.165, 1.54) is 24.3 Å². The molecule has 1 rings (SSSR count). The second-order valence-electron chi connectivity index (χ2n) is 2.94. The number of sulfonamides is 1. The van der Waals surface area contributed by atoms with Gasteiger partial charge in [-0.1, -0.05) is 19.1 Å². The van der Waals surface area contributed by atoms with Crippen LogP contribution in [0.2, 0.25) is 0 Å². The normalized spacial score (nSPS) is 11.4. The molecule has 0 aliphatic rings. The van der Waals surface area contributed by atoms with E-state index in [4.69, 9.17) is 10.0 Å². The first-order valence-electron chi connectivity index (χ1n) is 4.43. The molecule has 0 saturated carbocycles. The van der Waals surface area contributed by atoms with E-state index >= 15 is 0 Å². The van der Waals surface area contributed by atoms with Crippen LogP contribution in [0.4, 0.5) is 0 Å². The van der Waals surface area contributed by atoms with E-state index in [1.54, 1.807) is 6.92 Å². The third-order valence-corrected chi connectivity index (χ3v) is 3.38. The third-order valence-electron chi connectivity index (χ3n) is 1.82. The molecular formula is C8H12BNO4S. The van der Waals surface area contributed by atoms with Gasteiger partial charge >= 0.3 is 7.12 Å². The first-order valence-corrected chi connectivity index (χ1v) is 5.91. The monoisotopic (exact) mass is 229 g/mol. The van der Waals surface area contributed by atoms with Crippen molar-refractivity contribution in [3.05, 3.63) is 24.3 Å². The molecule has 1 aromatic rings. The van der Waals surface area contributed by atoms with Crippen molar-refractivity contribution in [3.63, 3.8) is 0 Å². The van der Waals surface area contributed by atoms with Crippen LogP contribution in [0.3, 0.4) is 0 Å². The number of nitrogens with one attached hydrogen (secondary N) is 1. The Bertz CT molecular complexity index is 415. The molecular weight excluding hydrogens is 217 g/mol. The number of rotatable bonds is 4. The van der Waals surface area contributed by atoms with E-state index in [1.807, 2.05) is 0 Å². The molecule has 1 aromatic carbocycles. The average Bonchev–Trinajstić information content (AvgIpc) is 2.18. The molecule has 7 heteroatoms. The summed E-state index contributed by atoms with van der Waals surface area (Å²) < 4.78 is 25.3. The van der Waals surface area contributed by atoms with Crippen LogP contribution in [0.15, 0.2) is 29.2 Å². The molecule has 0 heterocycles. The fraction of sp³-hybridized carbons (Fsp3) is 0.250. The second kappa shape index (κ2) is 4.76. The van der Waals surface area contributed by atoms with Crippen LogP contribution in [0.5, 0.6) is 0 Å². The lowest BCUT2D eigenvalue weighted by Crippen LogP contribution is -2.30. The van der Waals surface area contributed by atoms with Crippen molar-refractivity contribution in [2.45, 2.75) is 11.8 Å². The van der Waals surface area contributed by atoms with Crippen molar-refractivity contribution in [1.29, 1.82) is 0 Å². The summed E-state index contributed by atoms with van der Waals surface area (Å²) in [4.78, 5) is 0.105. The maximum Gasteiger partial charge on any atom is 0.488 e. The Morgan fingerprint density at radius 3 is 2.20 bits per heavy atom. The second-order valence-corrected chi connectivity index (χ2v) is 4.71. The molecule has 0 radical (unpaired) electrons. The molecule has 82 valence electrons. The van der Waals surface area contributed by atoms with Gasteiger partial charge in [0.15, 0.2) is 0 Å². The molecule has 0 aliphatic heterocycles. The fourth-order valence-corrected chi connectivity index (χ4v) is 2.13. The van der Waals surface area contributed by atoms with Gasteiger partial charge < -0.3 is 10.0 Å². The Kier molecular flexibility index (Phi) is 3.86. The highest BCUT2D eigenvalue weighted by atomic mass is 32.2. The summed E-state index contributed by atoms with van der Waals surface area (Å²) in [5.41, 5.74) is 0.255. The first-order chi connectivity index (χ1) is 6.97. The molecule has 15 heavy (non-hydrogen) atoms. The molecule has 0 atom stereocenters. The van der Waals surface area contributed by atoms with Crippen molar-refractivity contribution in [2.75, 3.05) is 6.54 Å². The molecule has 0 aromatic heterocycles. The predicted molar refractivity (Wildman–Crippen MR) is 57.1 cm³/mol. The Morgan fingerprint density at radius 1 is 1.27 bits per heavy atom. The van der Waals surface area contributed by atoms with Crippen LogP contribution >= 0.6 is 0 Å². The van der Waals surface area contributed by atoms with Crippen molar-refractivity contribution >= 4 is 22.6 Å². The Hall–Kier alpha value is -0.885. The average molecular weight is 229 g/mol. The van der Waals surface area contributed by atoms with Gasteiger partial charge in [0, 0.05) is 6.54 Å². The van der Waals surface area contributed by atoms with Crippen molar-refractivity contribution in [3.8, 4) is 0 Å². The van der Waals surface area contributed by atoms with Gasteiger partial charge in [0.25, 0.3) is 0 Å². The van der Waals surface area contributed by atoms with Crippen LogP contribution in [-0.2, 0) is 10.0 Å². The lowest BCUT2D eigenvalue weighted by molar-refractivity contribution is 0.425. The summed E-state index contributed by atoms with van der Waals surface area (Å²) in [5, 5.41) is 17.6. The van der Waals surface area contributed by atoms with Gasteiger partial charge in [-0.15, -0.1) is 0 Å². The van der Waals surface area contributed by atoms with Gasteiger partial charge in [-0.3, -0.25) is 0 Å². The van der Waals surface area contributed by atoms with Gasteiger partial charge in [-0.2, -0.15) is 0 Å². The Balaban J connectivity index is 2.99. The smallest absolute Gasteiger partial charge is 0.423 e. The summed E-state index contributed by atoms with van der Waals surface area (Å²) in [7, 11) is -5.05. The summed E-state index contributed by atoms with van der Waals surface area (Å²) in [6.07, 6.45) is 0. The summed E-state index contributed by atoms with van der Waals surface area (Å²) in [6, 6.07) is 5.36. The van der Waals surface area contributed by atoms with Gasteiger partial charge in [-0.25, -0.2) is 13.1 Å². The minimum Gasteiger partial charge on any atom is -0.423 e. The van der Waals surface area contributed by atoms with Crippen LogP contribution in [-0.4, -0.2) is 32.1 Å². The lowest BCUT2D eigenvalue weighted by atomic mass is 9.81.